The fourth-order valence-electron chi connectivity index (χ4n) is 3.36. The van der Waals surface area contributed by atoms with Crippen molar-refractivity contribution in [3.63, 3.8) is 0 Å². The first kappa shape index (κ1) is 12.2. The van der Waals surface area contributed by atoms with Gasteiger partial charge in [0.15, 0.2) is 0 Å². The van der Waals surface area contributed by atoms with Gasteiger partial charge in [-0.3, -0.25) is 0 Å². The van der Waals surface area contributed by atoms with Crippen LogP contribution in [0.5, 0.6) is 0 Å². The highest BCUT2D eigenvalue weighted by molar-refractivity contribution is 5.29. The van der Waals surface area contributed by atoms with Gasteiger partial charge < -0.3 is 10.2 Å². The molecule has 0 bridgehead atoms. The molecule has 2 aliphatic heterocycles. The van der Waals surface area contributed by atoms with E-state index in [2.05, 4.69) is 48.3 Å². The van der Waals surface area contributed by atoms with Crippen molar-refractivity contribution in [1.82, 2.24) is 10.2 Å². The molecular weight excluding hydrogens is 220 g/mol. The maximum atomic E-state index is 3.69. The minimum absolute atomic E-state index is 0.636. The quantitative estimate of drug-likeness (QED) is 0.858. The van der Waals surface area contributed by atoms with Crippen LogP contribution in [0, 0.1) is 11.8 Å². The molecule has 0 aliphatic carbocycles. The molecule has 3 atom stereocenters. The van der Waals surface area contributed by atoms with Crippen molar-refractivity contribution in [1.29, 1.82) is 0 Å². The lowest BCUT2D eigenvalue weighted by Gasteiger charge is -2.29. The highest BCUT2D eigenvalue weighted by Crippen LogP contribution is 2.23. The van der Waals surface area contributed by atoms with Crippen LogP contribution in [0.25, 0.3) is 0 Å². The monoisotopic (exact) mass is 244 g/mol. The van der Waals surface area contributed by atoms with Crippen LogP contribution in [0.3, 0.4) is 0 Å². The molecular formula is C16H24N2. The van der Waals surface area contributed by atoms with E-state index in [-0.39, 0.29) is 0 Å². The molecule has 18 heavy (non-hydrogen) atoms. The normalized spacial score (nSPS) is 32.4. The van der Waals surface area contributed by atoms with Crippen molar-refractivity contribution < 1.29 is 0 Å². The highest BCUT2D eigenvalue weighted by Gasteiger charge is 2.28. The number of nitrogens with zero attached hydrogens (tertiary/aromatic N) is 1. The summed E-state index contributed by atoms with van der Waals surface area (Å²) in [6, 6.07) is 9.49. The molecule has 98 valence electrons. The van der Waals surface area contributed by atoms with E-state index in [1.165, 1.54) is 31.6 Å². The Morgan fingerprint density at radius 3 is 2.50 bits per heavy atom. The second-order valence-corrected chi connectivity index (χ2v) is 6.22. The summed E-state index contributed by atoms with van der Waals surface area (Å²) in [5.74, 6) is 1.72. The highest BCUT2D eigenvalue weighted by atomic mass is 15.2. The minimum Gasteiger partial charge on any atom is -0.308 e. The van der Waals surface area contributed by atoms with Gasteiger partial charge in [-0.25, -0.2) is 0 Å². The summed E-state index contributed by atoms with van der Waals surface area (Å²) in [6.45, 7) is 9.58. The van der Waals surface area contributed by atoms with E-state index in [9.17, 15) is 0 Å². The van der Waals surface area contributed by atoms with Gasteiger partial charge in [-0.15, -0.1) is 0 Å². The predicted molar refractivity (Wildman–Crippen MR) is 75.5 cm³/mol. The molecule has 2 heterocycles. The van der Waals surface area contributed by atoms with E-state index in [1.807, 2.05) is 0 Å². The molecule has 0 amide bonds. The molecule has 1 aromatic rings. The third kappa shape index (κ3) is 2.45. The average Bonchev–Trinajstić information content (AvgIpc) is 2.68. The number of likely N-dealkylation sites (tertiary alicyclic amines) is 1. The first-order chi connectivity index (χ1) is 8.72. The lowest BCUT2D eigenvalue weighted by Crippen LogP contribution is -2.44. The molecule has 2 nitrogen and oxygen atoms in total. The van der Waals surface area contributed by atoms with Gasteiger partial charge in [-0.05, 0) is 29.4 Å². The zero-order valence-electron chi connectivity index (χ0n) is 11.5. The Bertz CT molecular complexity index is 405. The molecule has 3 unspecified atom stereocenters. The van der Waals surface area contributed by atoms with Gasteiger partial charge in [0, 0.05) is 32.2 Å². The molecule has 0 radical (unpaired) electrons. The Morgan fingerprint density at radius 1 is 1.11 bits per heavy atom. The van der Waals surface area contributed by atoms with Gasteiger partial charge in [0.1, 0.15) is 0 Å². The lowest BCUT2D eigenvalue weighted by molar-refractivity contribution is 0.272. The molecule has 0 aromatic heterocycles. The van der Waals surface area contributed by atoms with Gasteiger partial charge in [-0.1, -0.05) is 38.1 Å². The fraction of sp³-hybridized carbons (Fsp3) is 0.625. The number of fused-ring (bicyclic) bond motifs is 1. The smallest absolute Gasteiger partial charge is 0.0238 e. The Morgan fingerprint density at radius 2 is 1.78 bits per heavy atom. The molecule has 1 fully saturated rings. The molecule has 0 saturated carbocycles. The van der Waals surface area contributed by atoms with Crippen LogP contribution in [-0.4, -0.2) is 30.6 Å². The first-order valence-electron chi connectivity index (χ1n) is 7.25. The minimum atomic E-state index is 0.636. The molecule has 1 N–H and O–H groups in total. The van der Waals surface area contributed by atoms with Crippen molar-refractivity contribution >= 4 is 0 Å². The van der Waals surface area contributed by atoms with Crippen LogP contribution in [0.1, 0.15) is 25.0 Å². The van der Waals surface area contributed by atoms with Gasteiger partial charge >= 0.3 is 0 Å². The molecule has 1 aromatic carbocycles. The summed E-state index contributed by atoms with van der Waals surface area (Å²) in [7, 11) is 0. The summed E-state index contributed by atoms with van der Waals surface area (Å²) in [5, 5.41) is 3.69. The second-order valence-electron chi connectivity index (χ2n) is 6.22. The van der Waals surface area contributed by atoms with E-state index in [4.69, 9.17) is 0 Å². The maximum Gasteiger partial charge on any atom is 0.0238 e. The molecule has 0 spiro atoms. The fourth-order valence-corrected chi connectivity index (χ4v) is 3.36. The Kier molecular flexibility index (Phi) is 3.40. The molecule has 2 heteroatoms. The summed E-state index contributed by atoms with van der Waals surface area (Å²) in [6.07, 6.45) is 1.19. The van der Waals surface area contributed by atoms with Crippen LogP contribution in [-0.2, 0) is 13.0 Å². The number of benzene rings is 1. The standard InChI is InChI=1S/C16H24N2/c1-12-9-18(10-13(12)2)11-16-7-14-5-3-4-6-15(14)8-17-16/h3-6,12-13,16-17H,7-11H2,1-2H3. The van der Waals surface area contributed by atoms with Crippen molar-refractivity contribution in [2.45, 2.75) is 32.9 Å². The molecule has 3 rings (SSSR count). The van der Waals surface area contributed by atoms with Crippen molar-refractivity contribution in [3.8, 4) is 0 Å². The predicted octanol–water partition coefficient (Wildman–Crippen LogP) is 2.29. The van der Waals surface area contributed by atoms with Crippen molar-refractivity contribution in [2.24, 2.45) is 11.8 Å². The third-order valence-corrected chi connectivity index (χ3v) is 4.71. The summed E-state index contributed by atoms with van der Waals surface area (Å²) < 4.78 is 0. The summed E-state index contributed by atoms with van der Waals surface area (Å²) >= 11 is 0. The van der Waals surface area contributed by atoms with Gasteiger partial charge in [0.2, 0.25) is 0 Å². The summed E-state index contributed by atoms with van der Waals surface area (Å²) in [5.41, 5.74) is 3.03. The van der Waals surface area contributed by atoms with Crippen LogP contribution in [0.4, 0.5) is 0 Å². The Balaban J connectivity index is 1.60. The van der Waals surface area contributed by atoms with Gasteiger partial charge in [0.25, 0.3) is 0 Å². The Hall–Kier alpha value is -0.860. The van der Waals surface area contributed by atoms with Crippen LogP contribution in [0.15, 0.2) is 24.3 Å². The third-order valence-electron chi connectivity index (χ3n) is 4.71. The van der Waals surface area contributed by atoms with E-state index in [0.29, 0.717) is 6.04 Å². The number of rotatable bonds is 2. The first-order valence-corrected chi connectivity index (χ1v) is 7.25. The van der Waals surface area contributed by atoms with Gasteiger partial charge in [-0.2, -0.15) is 0 Å². The van der Waals surface area contributed by atoms with Gasteiger partial charge in [0.05, 0.1) is 0 Å². The van der Waals surface area contributed by atoms with Crippen LogP contribution >= 0.6 is 0 Å². The second kappa shape index (κ2) is 5.02. The van der Waals surface area contributed by atoms with Crippen molar-refractivity contribution in [3.05, 3.63) is 35.4 Å². The van der Waals surface area contributed by atoms with Crippen molar-refractivity contribution in [2.75, 3.05) is 19.6 Å². The number of hydrogen-bond acceptors (Lipinski definition) is 2. The zero-order chi connectivity index (χ0) is 12.5. The lowest BCUT2D eigenvalue weighted by atomic mass is 9.96. The largest absolute Gasteiger partial charge is 0.308 e. The topological polar surface area (TPSA) is 15.3 Å². The van der Waals surface area contributed by atoms with E-state index < -0.39 is 0 Å². The maximum absolute atomic E-state index is 3.69. The van der Waals surface area contributed by atoms with Crippen LogP contribution in [0.2, 0.25) is 0 Å². The number of hydrogen-bond donors (Lipinski definition) is 1. The molecule has 2 aliphatic rings. The van der Waals surface area contributed by atoms with E-state index in [1.54, 1.807) is 5.56 Å². The summed E-state index contributed by atoms with van der Waals surface area (Å²) in [4.78, 5) is 2.64. The SMILES string of the molecule is CC1CN(CC2Cc3ccccc3CN2)CC1C. The molecule has 1 saturated heterocycles. The van der Waals surface area contributed by atoms with E-state index >= 15 is 0 Å². The van der Waals surface area contributed by atoms with E-state index in [0.717, 1.165) is 18.4 Å². The Labute approximate surface area is 110 Å². The zero-order valence-corrected chi connectivity index (χ0v) is 11.5. The number of nitrogens with one attached hydrogen (secondary N) is 1. The van der Waals surface area contributed by atoms with Crippen LogP contribution < -0.4 is 5.32 Å². The average molecular weight is 244 g/mol.